The van der Waals surface area contributed by atoms with Gasteiger partial charge >= 0.3 is 0 Å². The fraction of sp³-hybridized carbons (Fsp3) is 0.611. The molecule has 2 aliphatic rings. The van der Waals surface area contributed by atoms with Crippen LogP contribution in [-0.4, -0.2) is 50.9 Å². The Kier molecular flexibility index (Phi) is 5.76. The molecule has 0 aromatic heterocycles. The molecular formula is C18H27N3O3S. The minimum atomic E-state index is -3.46. The molecule has 0 saturated carbocycles. The number of hydrogen-bond donors (Lipinski definition) is 2. The SMILES string of the molecule is Cc1cccc(S(=O)(=O)N2CCCC(CNC(=O)C3CCCN3)C2)c1. The van der Waals surface area contributed by atoms with Crippen molar-refractivity contribution in [1.29, 1.82) is 0 Å². The largest absolute Gasteiger partial charge is 0.354 e. The van der Waals surface area contributed by atoms with Crippen LogP contribution in [0.2, 0.25) is 0 Å². The van der Waals surface area contributed by atoms with Crippen molar-refractivity contribution in [2.45, 2.75) is 43.5 Å². The number of aryl methyl sites for hydroxylation is 1. The van der Waals surface area contributed by atoms with Crippen molar-refractivity contribution in [3.05, 3.63) is 29.8 Å². The summed E-state index contributed by atoms with van der Waals surface area (Å²) in [5.74, 6) is 0.204. The van der Waals surface area contributed by atoms with Crippen molar-refractivity contribution in [1.82, 2.24) is 14.9 Å². The average Bonchev–Trinajstić information content (AvgIpc) is 3.15. The lowest BCUT2D eigenvalue weighted by atomic mass is 9.99. The van der Waals surface area contributed by atoms with Gasteiger partial charge in [-0.05, 0) is 62.8 Å². The Balaban J connectivity index is 1.59. The maximum absolute atomic E-state index is 12.9. The monoisotopic (exact) mass is 365 g/mol. The molecule has 2 aliphatic heterocycles. The van der Waals surface area contributed by atoms with Crippen LogP contribution in [-0.2, 0) is 14.8 Å². The van der Waals surface area contributed by atoms with Gasteiger partial charge in [-0.3, -0.25) is 4.79 Å². The molecule has 2 saturated heterocycles. The number of amides is 1. The van der Waals surface area contributed by atoms with E-state index in [0.717, 1.165) is 37.8 Å². The molecule has 2 unspecified atom stereocenters. The quantitative estimate of drug-likeness (QED) is 0.824. The van der Waals surface area contributed by atoms with E-state index in [1.165, 1.54) is 0 Å². The molecule has 2 fully saturated rings. The number of rotatable bonds is 5. The molecule has 138 valence electrons. The normalized spacial score (nSPS) is 25.0. The summed E-state index contributed by atoms with van der Waals surface area (Å²) in [5.41, 5.74) is 0.936. The summed E-state index contributed by atoms with van der Waals surface area (Å²) < 4.78 is 27.3. The van der Waals surface area contributed by atoms with Crippen LogP contribution in [0.1, 0.15) is 31.2 Å². The minimum Gasteiger partial charge on any atom is -0.354 e. The number of hydrogen-bond acceptors (Lipinski definition) is 4. The molecule has 1 amide bonds. The van der Waals surface area contributed by atoms with Gasteiger partial charge in [-0.1, -0.05) is 12.1 Å². The van der Waals surface area contributed by atoms with E-state index in [0.29, 0.717) is 24.5 Å². The van der Waals surface area contributed by atoms with Crippen LogP contribution in [0.25, 0.3) is 0 Å². The summed E-state index contributed by atoms with van der Waals surface area (Å²) >= 11 is 0. The Morgan fingerprint density at radius 1 is 1.32 bits per heavy atom. The van der Waals surface area contributed by atoms with Crippen molar-refractivity contribution >= 4 is 15.9 Å². The Labute approximate surface area is 150 Å². The molecule has 0 bridgehead atoms. The number of piperidine rings is 1. The van der Waals surface area contributed by atoms with Gasteiger partial charge in [-0.25, -0.2) is 8.42 Å². The van der Waals surface area contributed by atoms with Gasteiger partial charge < -0.3 is 10.6 Å². The van der Waals surface area contributed by atoms with Crippen molar-refractivity contribution < 1.29 is 13.2 Å². The molecule has 6 nitrogen and oxygen atoms in total. The highest BCUT2D eigenvalue weighted by Crippen LogP contribution is 2.24. The molecule has 0 aliphatic carbocycles. The highest BCUT2D eigenvalue weighted by Gasteiger charge is 2.31. The molecule has 1 aromatic rings. The Morgan fingerprint density at radius 3 is 2.88 bits per heavy atom. The van der Waals surface area contributed by atoms with Crippen LogP contribution < -0.4 is 10.6 Å². The zero-order valence-electron chi connectivity index (χ0n) is 14.7. The summed E-state index contributed by atoms with van der Waals surface area (Å²) in [5, 5.41) is 6.18. The summed E-state index contributed by atoms with van der Waals surface area (Å²) in [4.78, 5) is 12.5. The third kappa shape index (κ3) is 4.40. The van der Waals surface area contributed by atoms with Gasteiger partial charge in [-0.15, -0.1) is 0 Å². The molecular weight excluding hydrogens is 338 g/mol. The fourth-order valence-corrected chi connectivity index (χ4v) is 5.27. The van der Waals surface area contributed by atoms with Gasteiger partial charge in [0.15, 0.2) is 0 Å². The van der Waals surface area contributed by atoms with Gasteiger partial charge in [-0.2, -0.15) is 4.31 Å². The third-order valence-electron chi connectivity index (χ3n) is 5.05. The number of sulfonamides is 1. The third-order valence-corrected chi connectivity index (χ3v) is 6.91. The lowest BCUT2D eigenvalue weighted by Gasteiger charge is -2.32. The van der Waals surface area contributed by atoms with E-state index in [-0.39, 0.29) is 17.9 Å². The zero-order chi connectivity index (χ0) is 17.9. The molecule has 3 rings (SSSR count). The van der Waals surface area contributed by atoms with E-state index < -0.39 is 10.0 Å². The van der Waals surface area contributed by atoms with Crippen LogP contribution in [0.5, 0.6) is 0 Å². The van der Waals surface area contributed by atoms with E-state index in [1.807, 2.05) is 13.0 Å². The van der Waals surface area contributed by atoms with Crippen molar-refractivity contribution in [2.24, 2.45) is 5.92 Å². The number of nitrogens with zero attached hydrogens (tertiary/aromatic N) is 1. The molecule has 7 heteroatoms. The van der Waals surface area contributed by atoms with Crippen LogP contribution in [0, 0.1) is 12.8 Å². The van der Waals surface area contributed by atoms with Crippen molar-refractivity contribution in [3.63, 3.8) is 0 Å². The zero-order valence-corrected chi connectivity index (χ0v) is 15.5. The first kappa shape index (κ1) is 18.4. The van der Waals surface area contributed by atoms with Crippen LogP contribution >= 0.6 is 0 Å². The van der Waals surface area contributed by atoms with E-state index in [2.05, 4.69) is 10.6 Å². The van der Waals surface area contributed by atoms with Crippen LogP contribution in [0.4, 0.5) is 0 Å². The smallest absolute Gasteiger partial charge is 0.243 e. The summed E-state index contributed by atoms with van der Waals surface area (Å²) in [6.45, 7) is 4.34. The molecule has 0 radical (unpaired) electrons. The highest BCUT2D eigenvalue weighted by atomic mass is 32.2. The topological polar surface area (TPSA) is 78.5 Å². The van der Waals surface area contributed by atoms with Crippen molar-refractivity contribution in [2.75, 3.05) is 26.2 Å². The number of nitrogens with one attached hydrogen (secondary N) is 2. The molecule has 1 aromatic carbocycles. The summed E-state index contributed by atoms with van der Waals surface area (Å²) in [6.07, 6.45) is 3.68. The Morgan fingerprint density at radius 2 is 2.16 bits per heavy atom. The van der Waals surface area contributed by atoms with Crippen LogP contribution in [0.15, 0.2) is 29.2 Å². The second-order valence-electron chi connectivity index (χ2n) is 7.08. The van der Waals surface area contributed by atoms with Crippen LogP contribution in [0.3, 0.4) is 0 Å². The predicted molar refractivity (Wildman–Crippen MR) is 96.7 cm³/mol. The maximum atomic E-state index is 12.9. The second-order valence-corrected chi connectivity index (χ2v) is 9.02. The number of carbonyl (C=O) groups excluding carboxylic acids is 1. The van der Waals surface area contributed by atoms with E-state index in [1.54, 1.807) is 22.5 Å². The Bertz CT molecular complexity index is 714. The lowest BCUT2D eigenvalue weighted by molar-refractivity contribution is -0.123. The highest BCUT2D eigenvalue weighted by molar-refractivity contribution is 7.89. The van der Waals surface area contributed by atoms with E-state index in [9.17, 15) is 13.2 Å². The fourth-order valence-electron chi connectivity index (χ4n) is 3.61. The van der Waals surface area contributed by atoms with Crippen molar-refractivity contribution in [3.8, 4) is 0 Å². The second kappa shape index (κ2) is 7.85. The Hall–Kier alpha value is -1.44. The van der Waals surface area contributed by atoms with Gasteiger partial charge in [0.05, 0.1) is 10.9 Å². The predicted octanol–water partition coefficient (Wildman–Crippen LogP) is 1.26. The van der Waals surface area contributed by atoms with E-state index >= 15 is 0 Å². The molecule has 2 atom stereocenters. The summed E-state index contributed by atoms with van der Waals surface area (Å²) in [6, 6.07) is 6.95. The lowest BCUT2D eigenvalue weighted by Crippen LogP contribution is -2.46. The molecule has 2 N–H and O–H groups in total. The molecule has 0 spiro atoms. The van der Waals surface area contributed by atoms with E-state index in [4.69, 9.17) is 0 Å². The van der Waals surface area contributed by atoms with Gasteiger partial charge in [0.25, 0.3) is 0 Å². The molecule has 2 heterocycles. The van der Waals surface area contributed by atoms with Gasteiger partial charge in [0, 0.05) is 19.6 Å². The first-order valence-corrected chi connectivity index (χ1v) is 10.5. The van der Waals surface area contributed by atoms with Gasteiger partial charge in [0.2, 0.25) is 15.9 Å². The summed E-state index contributed by atoms with van der Waals surface area (Å²) in [7, 11) is -3.46. The number of benzene rings is 1. The first-order valence-electron chi connectivity index (χ1n) is 9.05. The number of carbonyl (C=O) groups is 1. The minimum absolute atomic E-state index is 0.0381. The van der Waals surface area contributed by atoms with Gasteiger partial charge in [0.1, 0.15) is 0 Å². The molecule has 25 heavy (non-hydrogen) atoms. The first-order chi connectivity index (χ1) is 12.0. The maximum Gasteiger partial charge on any atom is 0.243 e. The standard InChI is InChI=1S/C18H27N3O3S/c1-14-5-2-7-16(11-14)25(23,24)21-10-4-6-15(13-21)12-20-18(22)17-8-3-9-19-17/h2,5,7,11,15,17,19H,3-4,6,8-10,12-13H2,1H3,(H,20,22). The average molecular weight is 365 g/mol.